The molecule has 0 aliphatic carbocycles. The zero-order valence-electron chi connectivity index (χ0n) is 12.6. The van der Waals surface area contributed by atoms with Crippen molar-refractivity contribution >= 4 is 34.1 Å². The van der Waals surface area contributed by atoms with Crippen LogP contribution in [0, 0.1) is 0 Å². The molecule has 2 aromatic carbocycles. The van der Waals surface area contributed by atoms with Gasteiger partial charge in [-0.15, -0.1) is 0 Å². The number of ether oxygens (including phenoxy) is 1. The molecule has 3 aromatic rings. The average molecular weight is 347 g/mol. The fourth-order valence-corrected chi connectivity index (χ4v) is 3.74. The second-order valence-electron chi connectivity index (χ2n) is 5.73. The van der Waals surface area contributed by atoms with Gasteiger partial charge in [0.1, 0.15) is 5.75 Å². The van der Waals surface area contributed by atoms with E-state index in [1.54, 1.807) is 7.11 Å². The van der Waals surface area contributed by atoms with Gasteiger partial charge < -0.3 is 15.0 Å². The SMILES string of the molecule is COc1ccc2[nH]c3c(c2c1)CCNC3c1cc(Cl)ccc1Cl. The largest absolute Gasteiger partial charge is 0.497 e. The van der Waals surface area contributed by atoms with Gasteiger partial charge >= 0.3 is 0 Å². The summed E-state index contributed by atoms with van der Waals surface area (Å²) < 4.78 is 5.36. The van der Waals surface area contributed by atoms with E-state index in [0.29, 0.717) is 5.02 Å². The lowest BCUT2D eigenvalue weighted by molar-refractivity contribution is 0.415. The Kier molecular flexibility index (Phi) is 3.72. The van der Waals surface area contributed by atoms with Crippen LogP contribution < -0.4 is 10.1 Å². The van der Waals surface area contributed by atoms with Gasteiger partial charge in [-0.1, -0.05) is 23.2 Å². The van der Waals surface area contributed by atoms with Gasteiger partial charge in [0.2, 0.25) is 0 Å². The molecule has 1 atom stereocenters. The van der Waals surface area contributed by atoms with Crippen molar-refractivity contribution in [1.82, 2.24) is 10.3 Å². The Balaban J connectivity index is 1.90. The number of methoxy groups -OCH3 is 1. The number of aromatic nitrogens is 1. The van der Waals surface area contributed by atoms with Crippen LogP contribution in [0.2, 0.25) is 10.0 Å². The van der Waals surface area contributed by atoms with Gasteiger partial charge in [0.15, 0.2) is 0 Å². The van der Waals surface area contributed by atoms with Crippen LogP contribution in [-0.2, 0) is 6.42 Å². The van der Waals surface area contributed by atoms with Gasteiger partial charge in [0.25, 0.3) is 0 Å². The number of nitrogens with one attached hydrogen (secondary N) is 2. The van der Waals surface area contributed by atoms with Crippen molar-refractivity contribution < 1.29 is 4.74 Å². The molecule has 3 nitrogen and oxygen atoms in total. The average Bonchev–Trinajstić information content (AvgIpc) is 2.95. The van der Waals surface area contributed by atoms with Crippen molar-refractivity contribution in [3.8, 4) is 5.75 Å². The number of hydrogen-bond donors (Lipinski definition) is 2. The van der Waals surface area contributed by atoms with Gasteiger partial charge in [-0.25, -0.2) is 0 Å². The zero-order chi connectivity index (χ0) is 16.0. The van der Waals surface area contributed by atoms with Gasteiger partial charge in [-0.05, 0) is 53.9 Å². The van der Waals surface area contributed by atoms with Crippen molar-refractivity contribution in [2.24, 2.45) is 0 Å². The number of H-pyrrole nitrogens is 1. The summed E-state index contributed by atoms with van der Waals surface area (Å²) in [5, 5.41) is 6.16. The number of fused-ring (bicyclic) bond motifs is 3. The maximum Gasteiger partial charge on any atom is 0.119 e. The smallest absolute Gasteiger partial charge is 0.119 e. The Morgan fingerprint density at radius 3 is 2.83 bits per heavy atom. The van der Waals surface area contributed by atoms with Crippen LogP contribution in [0.3, 0.4) is 0 Å². The van der Waals surface area contributed by atoms with E-state index in [9.17, 15) is 0 Å². The summed E-state index contributed by atoms with van der Waals surface area (Å²) >= 11 is 12.6. The van der Waals surface area contributed by atoms with Crippen LogP contribution in [0.25, 0.3) is 10.9 Å². The van der Waals surface area contributed by atoms with Crippen molar-refractivity contribution in [2.75, 3.05) is 13.7 Å². The van der Waals surface area contributed by atoms with Crippen LogP contribution in [0.5, 0.6) is 5.75 Å². The Bertz CT molecular complexity index is 888. The van der Waals surface area contributed by atoms with Gasteiger partial charge in [0, 0.05) is 33.2 Å². The Labute approximate surface area is 144 Å². The Morgan fingerprint density at radius 1 is 1.13 bits per heavy atom. The molecule has 2 heterocycles. The predicted octanol–water partition coefficient (Wildman–Crippen LogP) is 4.72. The first-order chi connectivity index (χ1) is 11.2. The second kappa shape index (κ2) is 5.75. The minimum atomic E-state index is 0.0170. The molecule has 4 rings (SSSR count). The molecule has 0 spiro atoms. The van der Waals surface area contributed by atoms with Crippen molar-refractivity contribution in [3.63, 3.8) is 0 Å². The molecule has 1 aliphatic heterocycles. The second-order valence-corrected chi connectivity index (χ2v) is 6.58. The first-order valence-corrected chi connectivity index (χ1v) is 8.30. The monoisotopic (exact) mass is 346 g/mol. The normalized spacial score (nSPS) is 17.3. The predicted molar refractivity (Wildman–Crippen MR) is 94.9 cm³/mol. The molecule has 1 aliphatic rings. The summed E-state index contributed by atoms with van der Waals surface area (Å²) in [5.74, 6) is 0.871. The minimum Gasteiger partial charge on any atom is -0.497 e. The molecular formula is C18H16Cl2N2O. The molecule has 0 bridgehead atoms. The third-order valence-corrected chi connectivity index (χ3v) is 5.01. The molecule has 5 heteroatoms. The molecule has 0 fully saturated rings. The molecule has 1 aromatic heterocycles. The fraction of sp³-hybridized carbons (Fsp3) is 0.222. The summed E-state index contributed by atoms with van der Waals surface area (Å²) in [6.07, 6.45) is 0.969. The molecule has 0 saturated heterocycles. The molecule has 1 unspecified atom stereocenters. The van der Waals surface area contributed by atoms with Crippen molar-refractivity contribution in [1.29, 1.82) is 0 Å². The third-order valence-electron chi connectivity index (χ3n) is 4.43. The standard InChI is InChI=1S/C18H16Cl2N2O/c1-23-11-3-5-16-13(9-11)12-6-7-21-17(18(12)22-16)14-8-10(19)2-4-15(14)20/h2-5,8-9,17,21-22H,6-7H2,1H3. The topological polar surface area (TPSA) is 37.0 Å². The van der Waals surface area contributed by atoms with E-state index in [1.165, 1.54) is 10.9 Å². The number of aromatic amines is 1. The van der Waals surface area contributed by atoms with Gasteiger partial charge in [-0.2, -0.15) is 0 Å². The quantitative estimate of drug-likeness (QED) is 0.704. The van der Waals surface area contributed by atoms with Crippen molar-refractivity contribution in [2.45, 2.75) is 12.5 Å². The van der Waals surface area contributed by atoms with E-state index in [1.807, 2.05) is 24.3 Å². The number of benzene rings is 2. The van der Waals surface area contributed by atoms with E-state index in [0.717, 1.165) is 40.5 Å². The lowest BCUT2D eigenvalue weighted by Gasteiger charge is -2.25. The maximum absolute atomic E-state index is 6.41. The van der Waals surface area contributed by atoms with E-state index in [-0.39, 0.29) is 6.04 Å². The molecule has 2 N–H and O–H groups in total. The van der Waals surface area contributed by atoms with Gasteiger partial charge in [-0.3, -0.25) is 0 Å². The lowest BCUT2D eigenvalue weighted by Crippen LogP contribution is -2.30. The fourth-order valence-electron chi connectivity index (χ4n) is 3.34. The Morgan fingerprint density at radius 2 is 2.00 bits per heavy atom. The van der Waals surface area contributed by atoms with Crippen molar-refractivity contribution in [3.05, 3.63) is 63.3 Å². The van der Waals surface area contributed by atoms with E-state index in [2.05, 4.69) is 22.4 Å². The highest BCUT2D eigenvalue weighted by Gasteiger charge is 2.27. The van der Waals surface area contributed by atoms with Gasteiger partial charge in [0.05, 0.1) is 13.2 Å². The summed E-state index contributed by atoms with van der Waals surface area (Å²) in [6.45, 7) is 0.894. The molecule has 0 amide bonds. The van der Waals surface area contributed by atoms with Crippen LogP contribution in [0.1, 0.15) is 22.9 Å². The maximum atomic E-state index is 6.41. The van der Waals surface area contributed by atoms with E-state index in [4.69, 9.17) is 27.9 Å². The summed E-state index contributed by atoms with van der Waals surface area (Å²) in [6, 6.07) is 11.7. The van der Waals surface area contributed by atoms with E-state index >= 15 is 0 Å². The summed E-state index contributed by atoms with van der Waals surface area (Å²) in [7, 11) is 1.69. The lowest BCUT2D eigenvalue weighted by atomic mass is 9.94. The molecule has 0 radical (unpaired) electrons. The molecule has 23 heavy (non-hydrogen) atoms. The summed E-state index contributed by atoms with van der Waals surface area (Å²) in [4.78, 5) is 3.54. The number of rotatable bonds is 2. The highest BCUT2D eigenvalue weighted by atomic mass is 35.5. The van der Waals surface area contributed by atoms with E-state index < -0.39 is 0 Å². The third kappa shape index (κ3) is 2.49. The first-order valence-electron chi connectivity index (χ1n) is 7.54. The number of hydrogen-bond acceptors (Lipinski definition) is 2. The van der Waals surface area contributed by atoms with Crippen LogP contribution in [-0.4, -0.2) is 18.6 Å². The highest BCUT2D eigenvalue weighted by Crippen LogP contribution is 2.37. The van der Waals surface area contributed by atoms with Crippen LogP contribution in [0.15, 0.2) is 36.4 Å². The first kappa shape index (κ1) is 14.9. The highest BCUT2D eigenvalue weighted by molar-refractivity contribution is 6.33. The summed E-state index contributed by atoms with van der Waals surface area (Å²) in [5.41, 5.74) is 4.59. The van der Waals surface area contributed by atoms with Crippen LogP contribution in [0.4, 0.5) is 0 Å². The van der Waals surface area contributed by atoms with Crippen LogP contribution >= 0.6 is 23.2 Å². The zero-order valence-corrected chi connectivity index (χ0v) is 14.1. The molecular weight excluding hydrogens is 331 g/mol. The Hall–Kier alpha value is -1.68. The molecule has 0 saturated carbocycles. The number of halogens is 2. The molecule has 118 valence electrons. The minimum absolute atomic E-state index is 0.0170.